The lowest BCUT2D eigenvalue weighted by atomic mass is 10.0. The number of phosphoric acid groups is 3. The van der Waals surface area contributed by atoms with Gasteiger partial charge in [-0.15, -0.1) is 0 Å². The van der Waals surface area contributed by atoms with E-state index in [0.29, 0.717) is 6.42 Å². The summed E-state index contributed by atoms with van der Waals surface area (Å²) in [6, 6.07) is 0. The predicted octanol–water partition coefficient (Wildman–Crippen LogP) is 20.8. The van der Waals surface area contributed by atoms with E-state index < -0.39 is 53.8 Å². The molecule has 2 heterocycles. The molecule has 0 unspecified atom stereocenters. The zero-order valence-corrected chi connectivity index (χ0v) is 51.9. The quantitative estimate of drug-likeness (QED) is 0.0326. The standard InChI is InChI=1S/3C18H39O4P.2Al/c3*1-18(2)16-14-12-10-8-6-4-3-5-7-9-11-13-15-17-22-23(19,20)21;;/h3*18H,3-17H2,1-2H3,(H2,19,20,21);;/q;;;2*+3/p-6. The summed E-state index contributed by atoms with van der Waals surface area (Å²) >= 11 is -6.34. The summed E-state index contributed by atoms with van der Waals surface area (Å²) in [5.74, 6) is 2.47. The Morgan fingerprint density at radius 1 is 0.324 bits per heavy atom. The molecule has 17 heteroatoms. The van der Waals surface area contributed by atoms with E-state index in [1.165, 1.54) is 205 Å². The van der Waals surface area contributed by atoms with Crippen molar-refractivity contribution in [3.63, 3.8) is 0 Å². The molecule has 0 aromatic heterocycles. The van der Waals surface area contributed by atoms with Gasteiger partial charge in [-0.25, -0.2) is 13.7 Å². The Bertz CT molecular complexity index is 1270. The van der Waals surface area contributed by atoms with Gasteiger partial charge in [0.2, 0.25) is 0 Å². The molecular formula is C54H111Al2O12P3. The Morgan fingerprint density at radius 3 is 0.746 bits per heavy atom. The third kappa shape index (κ3) is 41.2. The molecule has 0 atom stereocenters. The average molecular weight is 1100 g/mol. The van der Waals surface area contributed by atoms with Crippen molar-refractivity contribution in [3.05, 3.63) is 0 Å². The topological polar surface area (TPSA) is 134 Å². The molecule has 0 N–H and O–H groups in total. The van der Waals surface area contributed by atoms with Gasteiger partial charge in [-0.1, -0.05) is 292 Å². The Morgan fingerprint density at radius 2 is 0.521 bits per heavy atom. The molecule has 0 spiro atoms. The third-order valence-corrected chi connectivity index (χ3v) is 25.6. The zero-order chi connectivity index (χ0) is 51.6. The number of hydrogen-bond acceptors (Lipinski definition) is 12. The van der Waals surface area contributed by atoms with Crippen LogP contribution in [0.15, 0.2) is 0 Å². The van der Waals surface area contributed by atoms with E-state index in [-0.39, 0.29) is 19.8 Å². The summed E-state index contributed by atoms with van der Waals surface area (Å²) in [5, 5.41) is 0. The predicted molar refractivity (Wildman–Crippen MR) is 297 cm³/mol. The molecule has 0 aromatic rings. The molecule has 0 amide bonds. The van der Waals surface area contributed by atoms with Crippen molar-refractivity contribution in [2.24, 2.45) is 17.8 Å². The largest absolute Gasteiger partial charge is 0.931 e. The maximum absolute atomic E-state index is 13.9. The summed E-state index contributed by atoms with van der Waals surface area (Å²) in [6.45, 7) is 14.4. The second-order valence-electron chi connectivity index (χ2n) is 22.4. The van der Waals surface area contributed by atoms with E-state index in [4.69, 9.17) is 35.0 Å². The maximum Gasteiger partial charge on any atom is 0.931 e. The van der Waals surface area contributed by atoms with E-state index >= 15 is 0 Å². The number of unbranched alkanes of at least 4 members (excludes halogenated alkanes) is 36. The van der Waals surface area contributed by atoms with E-state index in [0.717, 1.165) is 75.5 Å². The molecule has 420 valence electrons. The lowest BCUT2D eigenvalue weighted by molar-refractivity contribution is 0.0826. The van der Waals surface area contributed by atoms with Gasteiger partial charge in [0.25, 0.3) is 0 Å². The van der Waals surface area contributed by atoms with Crippen molar-refractivity contribution in [1.82, 2.24) is 0 Å². The normalized spacial score (nSPS) is 15.7. The molecule has 0 bridgehead atoms. The first-order valence-corrected chi connectivity index (χ1v) is 37.4. The summed E-state index contributed by atoms with van der Waals surface area (Å²) < 4.78 is 89.4. The molecule has 2 saturated heterocycles. The summed E-state index contributed by atoms with van der Waals surface area (Å²) in [4.78, 5) is 0. The summed E-state index contributed by atoms with van der Waals surface area (Å²) in [7, 11) is -11.9. The highest BCUT2D eigenvalue weighted by Gasteiger charge is 2.65. The van der Waals surface area contributed by atoms with Crippen LogP contribution in [0.5, 0.6) is 0 Å². The van der Waals surface area contributed by atoms with Crippen LogP contribution in [0.4, 0.5) is 0 Å². The van der Waals surface area contributed by atoms with Gasteiger partial charge in [-0.2, -0.15) is 0 Å². The van der Waals surface area contributed by atoms with Gasteiger partial charge in [0, 0.05) is 0 Å². The minimum absolute atomic E-state index is 0.108. The monoisotopic (exact) mass is 1100 g/mol. The SMILES string of the molecule is CC(C)CCCCCCCCCCCCCCCOP1(=O)[O][Al]([O]P(=O)(OCCCCCCCCCCCCCCCC(C)C)[O][Al]2[O]P(=O)(OCCCCCCCCCCCCCCCC(C)C)[O]2)[O]1. The van der Waals surface area contributed by atoms with Crippen molar-refractivity contribution in [1.29, 1.82) is 0 Å². The Labute approximate surface area is 448 Å². The molecule has 2 aliphatic rings. The van der Waals surface area contributed by atoms with Gasteiger partial charge in [0.15, 0.2) is 0 Å². The van der Waals surface area contributed by atoms with Crippen molar-refractivity contribution in [2.75, 3.05) is 19.8 Å². The number of hydrogen-bond donors (Lipinski definition) is 0. The lowest BCUT2D eigenvalue weighted by Gasteiger charge is -2.34. The van der Waals surface area contributed by atoms with Crippen LogP contribution in [0, 0.1) is 17.8 Å². The molecule has 0 saturated carbocycles. The minimum Gasteiger partial charge on any atom is -0.364 e. The third-order valence-electron chi connectivity index (χ3n) is 13.8. The van der Waals surface area contributed by atoms with Crippen LogP contribution in [-0.4, -0.2) is 50.1 Å². The van der Waals surface area contributed by atoms with Crippen LogP contribution in [0.2, 0.25) is 0 Å². The van der Waals surface area contributed by atoms with Gasteiger partial charge in [0.05, 0.1) is 19.8 Å². The molecule has 0 aromatic carbocycles. The second-order valence-corrected chi connectivity index (χ2v) is 32.1. The first kappa shape index (κ1) is 68.5. The van der Waals surface area contributed by atoms with E-state index in [1.54, 1.807) is 0 Å². The van der Waals surface area contributed by atoms with Gasteiger partial charge in [-0.05, 0) is 37.0 Å². The minimum atomic E-state index is -4.33. The molecule has 0 aliphatic carbocycles. The molecule has 12 nitrogen and oxygen atoms in total. The highest BCUT2D eigenvalue weighted by molar-refractivity contribution is 7.57. The smallest absolute Gasteiger partial charge is 0.364 e. The van der Waals surface area contributed by atoms with Crippen molar-refractivity contribution in [3.8, 4) is 0 Å². The highest BCUT2D eigenvalue weighted by atomic mass is 31.2. The summed E-state index contributed by atoms with van der Waals surface area (Å²) in [6.07, 6.45) is 51.9. The van der Waals surface area contributed by atoms with Crippen LogP contribution in [-0.2, 0) is 48.7 Å². The van der Waals surface area contributed by atoms with Crippen LogP contribution in [0.25, 0.3) is 0 Å². The van der Waals surface area contributed by atoms with Crippen LogP contribution >= 0.6 is 23.5 Å². The van der Waals surface area contributed by atoms with E-state index in [9.17, 15) is 13.7 Å². The fourth-order valence-electron chi connectivity index (χ4n) is 9.26. The van der Waals surface area contributed by atoms with Crippen LogP contribution in [0.1, 0.15) is 311 Å². The first-order valence-electron chi connectivity index (χ1n) is 30.2. The molecule has 2 rings (SSSR count). The fourth-order valence-corrected chi connectivity index (χ4v) is 19.6. The summed E-state index contributed by atoms with van der Waals surface area (Å²) in [5.41, 5.74) is 0. The van der Waals surface area contributed by atoms with Crippen LogP contribution < -0.4 is 0 Å². The van der Waals surface area contributed by atoms with Gasteiger partial charge in [-0.3, -0.25) is 13.6 Å². The first-order chi connectivity index (χ1) is 34.3. The lowest BCUT2D eigenvalue weighted by Crippen LogP contribution is -2.38. The van der Waals surface area contributed by atoms with Gasteiger partial charge >= 0.3 is 53.8 Å². The van der Waals surface area contributed by atoms with E-state index in [1.807, 2.05) is 0 Å². The molecule has 0 radical (unpaired) electrons. The van der Waals surface area contributed by atoms with Crippen molar-refractivity contribution in [2.45, 2.75) is 311 Å². The Balaban J connectivity index is 1.60. The highest BCUT2D eigenvalue weighted by Crippen LogP contribution is 2.66. The molecule has 2 fully saturated rings. The van der Waals surface area contributed by atoms with Crippen molar-refractivity contribution >= 4 is 53.8 Å². The van der Waals surface area contributed by atoms with Gasteiger partial charge < -0.3 is 21.5 Å². The van der Waals surface area contributed by atoms with Crippen LogP contribution in [0.3, 0.4) is 0 Å². The number of rotatable bonds is 55. The van der Waals surface area contributed by atoms with Crippen molar-refractivity contribution < 1.29 is 48.7 Å². The second kappa shape index (κ2) is 45.3. The fraction of sp³-hybridized carbons (Fsp3) is 1.00. The average Bonchev–Trinajstić information content (AvgIpc) is 3.29. The van der Waals surface area contributed by atoms with Gasteiger partial charge in [0.1, 0.15) is 0 Å². The van der Waals surface area contributed by atoms with E-state index in [2.05, 4.69) is 41.5 Å². The Hall–Kier alpha value is 1.39. The molecular weight excluding hydrogens is 987 g/mol. The zero-order valence-electron chi connectivity index (χ0n) is 46.9. The Kier molecular flexibility index (Phi) is 43.7. The molecule has 71 heavy (non-hydrogen) atoms. The maximum atomic E-state index is 13.9. The molecule has 2 aliphatic heterocycles.